The zero-order chi connectivity index (χ0) is 19.0. The van der Waals surface area contributed by atoms with Gasteiger partial charge >= 0.3 is 8.56 Å². The lowest BCUT2D eigenvalue weighted by Crippen LogP contribution is -2.67. The third-order valence-corrected chi connectivity index (χ3v) is 14.1. The van der Waals surface area contributed by atoms with Crippen molar-refractivity contribution < 1.29 is 8.85 Å². The lowest BCUT2D eigenvalue weighted by molar-refractivity contribution is -0.0866. The second-order valence-corrected chi connectivity index (χ2v) is 13.8. The molecule has 1 aliphatic carbocycles. The van der Waals surface area contributed by atoms with E-state index < -0.39 is 8.56 Å². The molecule has 1 saturated carbocycles. The van der Waals surface area contributed by atoms with Crippen LogP contribution < -0.4 is 0 Å². The molecule has 0 aromatic carbocycles. The molecule has 1 atom stereocenters. The van der Waals surface area contributed by atoms with E-state index in [2.05, 4.69) is 62.3 Å². The summed E-state index contributed by atoms with van der Waals surface area (Å²) in [5.41, 5.74) is 0.628. The maximum absolute atomic E-state index is 6.44. The van der Waals surface area contributed by atoms with Gasteiger partial charge in [-0.05, 0) is 41.0 Å². The van der Waals surface area contributed by atoms with Crippen molar-refractivity contribution >= 4 is 8.56 Å². The van der Waals surface area contributed by atoms with Crippen LogP contribution in [0.3, 0.4) is 0 Å². The normalized spacial score (nSPS) is 29.0. The highest BCUT2D eigenvalue weighted by Gasteiger charge is 2.71. The topological polar surface area (TPSA) is 18.5 Å². The van der Waals surface area contributed by atoms with Crippen molar-refractivity contribution in [1.82, 2.24) is 0 Å². The SMILES string of the molecule is CCC(CC)C[Si](OC)(OC)C1(C)C(C)(C)CCC(C)(C)C1(C)C. The molecule has 0 radical (unpaired) electrons. The second kappa shape index (κ2) is 7.04. The lowest BCUT2D eigenvalue weighted by Gasteiger charge is -2.68. The van der Waals surface area contributed by atoms with Crippen molar-refractivity contribution in [3.63, 3.8) is 0 Å². The number of rotatable bonds is 7. The highest BCUT2D eigenvalue weighted by Crippen LogP contribution is 2.74. The van der Waals surface area contributed by atoms with E-state index in [9.17, 15) is 0 Å². The van der Waals surface area contributed by atoms with Crippen LogP contribution in [-0.2, 0) is 8.85 Å². The Hall–Kier alpha value is 0.137. The van der Waals surface area contributed by atoms with Crippen LogP contribution in [0.15, 0.2) is 0 Å². The second-order valence-electron chi connectivity index (χ2n) is 10.1. The van der Waals surface area contributed by atoms with Gasteiger partial charge in [0.2, 0.25) is 0 Å². The van der Waals surface area contributed by atoms with Gasteiger partial charge in [0.15, 0.2) is 0 Å². The molecule has 0 heterocycles. The highest BCUT2D eigenvalue weighted by atomic mass is 28.4. The standard InChI is InChI=1S/C21H44O2Si/c1-12-17(13-2)16-24(22-10,23-11)21(9)19(5,6)15-14-18(3,4)20(21,7)8/h17H,12-16H2,1-11H3. The molecule has 1 fully saturated rings. The van der Waals surface area contributed by atoms with E-state index in [-0.39, 0.29) is 21.3 Å². The third-order valence-electron chi connectivity index (χ3n) is 8.80. The van der Waals surface area contributed by atoms with Gasteiger partial charge in [0.05, 0.1) is 0 Å². The van der Waals surface area contributed by atoms with Gasteiger partial charge in [0.25, 0.3) is 0 Å². The Morgan fingerprint density at radius 1 is 0.792 bits per heavy atom. The summed E-state index contributed by atoms with van der Waals surface area (Å²) in [6, 6.07) is 1.10. The number of hydrogen-bond donors (Lipinski definition) is 0. The molecule has 144 valence electrons. The van der Waals surface area contributed by atoms with Crippen molar-refractivity contribution in [1.29, 1.82) is 0 Å². The van der Waals surface area contributed by atoms with Crippen LogP contribution in [0, 0.1) is 22.2 Å². The fourth-order valence-corrected chi connectivity index (χ4v) is 11.0. The zero-order valence-corrected chi connectivity index (χ0v) is 19.4. The first-order chi connectivity index (χ1) is 10.8. The van der Waals surface area contributed by atoms with E-state index in [0.29, 0.717) is 5.92 Å². The van der Waals surface area contributed by atoms with Crippen LogP contribution in [0.5, 0.6) is 0 Å². The van der Waals surface area contributed by atoms with E-state index in [0.717, 1.165) is 6.04 Å². The molecule has 0 saturated heterocycles. The molecular formula is C21H44O2Si. The average Bonchev–Trinajstić information content (AvgIpc) is 2.52. The Labute approximate surface area is 153 Å². The molecule has 2 nitrogen and oxygen atoms in total. The summed E-state index contributed by atoms with van der Waals surface area (Å²) in [5, 5.41) is 0.0425. The average molecular weight is 357 g/mol. The van der Waals surface area contributed by atoms with E-state index in [1.54, 1.807) is 0 Å². The Balaban J connectivity index is 3.60. The molecular weight excluding hydrogens is 312 g/mol. The quantitative estimate of drug-likeness (QED) is 0.467. The Kier molecular flexibility index (Phi) is 6.50. The molecule has 1 aliphatic rings. The van der Waals surface area contributed by atoms with Crippen LogP contribution in [0.25, 0.3) is 0 Å². The van der Waals surface area contributed by atoms with Gasteiger partial charge in [-0.15, -0.1) is 0 Å². The molecule has 3 heteroatoms. The largest absolute Gasteiger partial charge is 0.397 e. The number of hydrogen-bond acceptors (Lipinski definition) is 2. The maximum Gasteiger partial charge on any atom is 0.345 e. The van der Waals surface area contributed by atoms with Gasteiger partial charge in [0, 0.05) is 19.3 Å². The van der Waals surface area contributed by atoms with Crippen LogP contribution in [0.1, 0.15) is 88.0 Å². The first kappa shape index (κ1) is 22.2. The minimum atomic E-state index is -2.43. The summed E-state index contributed by atoms with van der Waals surface area (Å²) in [6.45, 7) is 21.9. The molecule has 0 N–H and O–H groups in total. The van der Waals surface area contributed by atoms with E-state index in [1.165, 1.54) is 25.7 Å². The molecule has 24 heavy (non-hydrogen) atoms. The van der Waals surface area contributed by atoms with E-state index in [4.69, 9.17) is 8.85 Å². The highest BCUT2D eigenvalue weighted by molar-refractivity contribution is 6.71. The van der Waals surface area contributed by atoms with Crippen molar-refractivity contribution in [3.8, 4) is 0 Å². The van der Waals surface area contributed by atoms with Gasteiger partial charge < -0.3 is 8.85 Å². The molecule has 0 aromatic heterocycles. The molecule has 1 rings (SSSR count). The molecule has 0 amide bonds. The van der Waals surface area contributed by atoms with Gasteiger partial charge in [-0.3, -0.25) is 0 Å². The summed E-state index contributed by atoms with van der Waals surface area (Å²) >= 11 is 0. The molecule has 0 bridgehead atoms. The van der Waals surface area contributed by atoms with Crippen LogP contribution in [0.2, 0.25) is 11.1 Å². The predicted octanol–water partition coefficient (Wildman–Crippen LogP) is 6.79. The van der Waals surface area contributed by atoms with Crippen LogP contribution in [-0.4, -0.2) is 22.8 Å². The molecule has 0 aliphatic heterocycles. The van der Waals surface area contributed by atoms with E-state index in [1.807, 2.05) is 14.2 Å². The van der Waals surface area contributed by atoms with Crippen LogP contribution >= 0.6 is 0 Å². The Morgan fingerprint density at radius 3 is 1.58 bits per heavy atom. The third kappa shape index (κ3) is 2.93. The minimum Gasteiger partial charge on any atom is -0.397 e. The first-order valence-electron chi connectivity index (χ1n) is 9.92. The van der Waals surface area contributed by atoms with Crippen molar-refractivity contribution in [2.45, 2.75) is 99.1 Å². The fraction of sp³-hybridized carbons (Fsp3) is 1.00. The maximum atomic E-state index is 6.44. The Morgan fingerprint density at radius 2 is 1.21 bits per heavy atom. The summed E-state index contributed by atoms with van der Waals surface area (Å²) in [7, 11) is 1.40. The fourth-order valence-electron chi connectivity index (χ4n) is 5.52. The lowest BCUT2D eigenvalue weighted by atomic mass is 9.47. The summed E-state index contributed by atoms with van der Waals surface area (Å²) < 4.78 is 12.9. The summed E-state index contributed by atoms with van der Waals surface area (Å²) in [4.78, 5) is 0. The van der Waals surface area contributed by atoms with E-state index >= 15 is 0 Å². The summed E-state index contributed by atoms with van der Waals surface area (Å²) in [6.07, 6.45) is 4.92. The minimum absolute atomic E-state index is 0.0425. The van der Waals surface area contributed by atoms with Crippen molar-refractivity contribution in [2.24, 2.45) is 22.2 Å². The van der Waals surface area contributed by atoms with Crippen molar-refractivity contribution in [3.05, 3.63) is 0 Å². The van der Waals surface area contributed by atoms with Gasteiger partial charge in [-0.2, -0.15) is 0 Å². The zero-order valence-electron chi connectivity index (χ0n) is 18.4. The van der Waals surface area contributed by atoms with Crippen LogP contribution in [0.4, 0.5) is 0 Å². The molecule has 0 spiro atoms. The Bertz CT molecular complexity index is 420. The predicted molar refractivity (Wildman–Crippen MR) is 108 cm³/mol. The smallest absolute Gasteiger partial charge is 0.345 e. The monoisotopic (exact) mass is 356 g/mol. The molecule has 0 aromatic rings. The first-order valence-corrected chi connectivity index (χ1v) is 11.9. The molecule has 1 unspecified atom stereocenters. The van der Waals surface area contributed by atoms with Crippen molar-refractivity contribution in [2.75, 3.05) is 14.2 Å². The van der Waals surface area contributed by atoms with Gasteiger partial charge in [-0.1, -0.05) is 75.2 Å². The van der Waals surface area contributed by atoms with Gasteiger partial charge in [-0.25, -0.2) is 0 Å². The summed E-state index contributed by atoms with van der Waals surface area (Å²) in [5.74, 6) is 0.685. The van der Waals surface area contributed by atoms with Gasteiger partial charge in [0.1, 0.15) is 0 Å².